The van der Waals surface area contributed by atoms with Crippen LogP contribution in [0.15, 0.2) is 24.3 Å². The van der Waals surface area contributed by atoms with E-state index in [-0.39, 0.29) is 18.4 Å². The second kappa shape index (κ2) is 9.94. The molecule has 0 aliphatic carbocycles. The number of nitrogens with one attached hydrogen (secondary N) is 2. The number of carbonyl (C=O) groups excluding carboxylic acids is 2. The molecule has 2 rings (SSSR count). The number of carbonyl (C=O) groups is 2. The molecule has 1 heterocycles. The Morgan fingerprint density at radius 1 is 1.25 bits per heavy atom. The third-order valence-corrected chi connectivity index (χ3v) is 7.00. The average Bonchev–Trinajstić information content (AvgIpc) is 2.67. The summed E-state index contributed by atoms with van der Waals surface area (Å²) in [5.74, 6) is -0.857. The lowest BCUT2D eigenvalue weighted by Gasteiger charge is -2.51. The zero-order valence-corrected chi connectivity index (χ0v) is 20.5. The van der Waals surface area contributed by atoms with Crippen LogP contribution in [0.25, 0.3) is 0 Å². The van der Waals surface area contributed by atoms with E-state index in [0.717, 1.165) is 5.56 Å². The molecule has 9 nitrogen and oxygen atoms in total. The first-order valence-electron chi connectivity index (χ1n) is 10.5. The lowest BCUT2D eigenvalue weighted by molar-refractivity contribution is -0.155. The molecule has 1 aromatic carbocycles. The molecule has 5 N–H and O–H groups in total. The Kier molecular flexibility index (Phi) is 8.20. The number of primary sulfonamides is 1. The van der Waals surface area contributed by atoms with Gasteiger partial charge in [-0.05, 0) is 30.0 Å². The Labute approximate surface area is 194 Å². The summed E-state index contributed by atoms with van der Waals surface area (Å²) < 4.78 is 22.0. The molecular weight excluding hydrogens is 456 g/mol. The molecule has 0 bridgehead atoms. The van der Waals surface area contributed by atoms with Crippen LogP contribution in [-0.4, -0.2) is 61.8 Å². The maximum absolute atomic E-state index is 13.3. The molecule has 3 amide bonds. The summed E-state index contributed by atoms with van der Waals surface area (Å²) in [6.07, 6.45) is 0.332. The summed E-state index contributed by atoms with van der Waals surface area (Å²) in [6.45, 7) is 7.88. The van der Waals surface area contributed by atoms with Crippen molar-refractivity contribution < 1.29 is 23.1 Å². The van der Waals surface area contributed by atoms with Crippen LogP contribution in [0.4, 0.5) is 4.79 Å². The van der Waals surface area contributed by atoms with E-state index >= 15 is 0 Å². The number of likely N-dealkylation sites (tertiary alicyclic amines) is 1. The molecule has 1 aliphatic heterocycles. The molecule has 0 radical (unpaired) electrons. The van der Waals surface area contributed by atoms with Gasteiger partial charge in [0.1, 0.15) is 6.04 Å². The van der Waals surface area contributed by atoms with E-state index < -0.39 is 38.9 Å². The number of nitrogens with two attached hydrogens (primary N) is 1. The van der Waals surface area contributed by atoms with Crippen LogP contribution in [0.2, 0.25) is 5.02 Å². The fraction of sp³-hybridized carbons (Fsp3) is 0.619. The Bertz CT molecular complexity index is 936. The summed E-state index contributed by atoms with van der Waals surface area (Å²) in [5, 5.41) is 22.0. The summed E-state index contributed by atoms with van der Waals surface area (Å²) in [5.41, 5.74) is -1.06. The van der Waals surface area contributed by atoms with Gasteiger partial charge in [0.2, 0.25) is 15.9 Å². The number of halogens is 1. The highest BCUT2D eigenvalue weighted by atomic mass is 35.5. The quantitative estimate of drug-likeness (QED) is 0.459. The Hall–Kier alpha value is -1.88. The van der Waals surface area contributed by atoms with Crippen molar-refractivity contribution in [1.82, 2.24) is 15.5 Å². The molecule has 2 atom stereocenters. The second-order valence-electron chi connectivity index (χ2n) is 9.25. The fourth-order valence-electron chi connectivity index (χ4n) is 3.98. The lowest BCUT2D eigenvalue weighted by atomic mass is 9.66. The molecule has 1 fully saturated rings. The van der Waals surface area contributed by atoms with Gasteiger partial charge in [-0.2, -0.15) is 0 Å². The van der Waals surface area contributed by atoms with Crippen molar-refractivity contribution >= 4 is 33.6 Å². The average molecular weight is 489 g/mol. The topological polar surface area (TPSA) is 142 Å². The van der Waals surface area contributed by atoms with Gasteiger partial charge in [-0.25, -0.2) is 18.4 Å². The zero-order chi connectivity index (χ0) is 24.3. The third kappa shape index (κ3) is 6.34. The fourth-order valence-corrected chi connectivity index (χ4v) is 4.49. The van der Waals surface area contributed by atoms with Gasteiger partial charge < -0.3 is 20.6 Å². The highest BCUT2D eigenvalue weighted by Gasteiger charge is 2.50. The van der Waals surface area contributed by atoms with Gasteiger partial charge >= 0.3 is 6.03 Å². The molecule has 32 heavy (non-hydrogen) atoms. The van der Waals surface area contributed by atoms with Crippen molar-refractivity contribution in [2.75, 3.05) is 25.4 Å². The molecule has 1 aliphatic rings. The van der Waals surface area contributed by atoms with Gasteiger partial charge in [-0.1, -0.05) is 51.4 Å². The molecular formula is C21H33ClN4O5S. The zero-order valence-electron chi connectivity index (χ0n) is 18.9. The summed E-state index contributed by atoms with van der Waals surface area (Å²) in [7, 11) is -3.70. The Balaban J connectivity index is 2.09. The number of urea groups is 1. The van der Waals surface area contributed by atoms with Crippen molar-refractivity contribution in [2.24, 2.45) is 16.5 Å². The van der Waals surface area contributed by atoms with Crippen molar-refractivity contribution in [3.05, 3.63) is 34.9 Å². The summed E-state index contributed by atoms with van der Waals surface area (Å²) in [6, 6.07) is 5.61. The first-order chi connectivity index (χ1) is 14.7. The number of hydrogen-bond donors (Lipinski definition) is 4. The SMILES string of the molecule is CC(C)[C@@H](NC(=O)NCCS(N)(=O)=O)C(=O)N1CC[C@](O)(c2ccc(Cl)cc2)C(C)(C)C1. The van der Waals surface area contributed by atoms with Crippen LogP contribution in [-0.2, 0) is 20.4 Å². The molecule has 1 aromatic rings. The van der Waals surface area contributed by atoms with Gasteiger partial charge in [0, 0.05) is 30.1 Å². The number of amides is 3. The minimum Gasteiger partial charge on any atom is -0.384 e. The van der Waals surface area contributed by atoms with E-state index in [0.29, 0.717) is 24.5 Å². The van der Waals surface area contributed by atoms with Crippen molar-refractivity contribution in [3.8, 4) is 0 Å². The lowest BCUT2D eigenvalue weighted by Crippen LogP contribution is -2.61. The van der Waals surface area contributed by atoms with Gasteiger partial charge in [0.15, 0.2) is 0 Å². The van der Waals surface area contributed by atoms with Crippen LogP contribution in [0, 0.1) is 11.3 Å². The van der Waals surface area contributed by atoms with E-state index in [9.17, 15) is 23.1 Å². The number of rotatable bonds is 7. The Morgan fingerprint density at radius 2 is 1.84 bits per heavy atom. The maximum atomic E-state index is 13.3. The monoisotopic (exact) mass is 488 g/mol. The number of aliphatic hydroxyl groups is 1. The molecule has 180 valence electrons. The van der Waals surface area contributed by atoms with Crippen molar-refractivity contribution in [2.45, 2.75) is 45.8 Å². The summed E-state index contributed by atoms with van der Waals surface area (Å²) in [4.78, 5) is 27.1. The first kappa shape index (κ1) is 26.4. The molecule has 1 saturated heterocycles. The van der Waals surface area contributed by atoms with Crippen LogP contribution < -0.4 is 15.8 Å². The van der Waals surface area contributed by atoms with Crippen molar-refractivity contribution in [1.29, 1.82) is 0 Å². The largest absolute Gasteiger partial charge is 0.384 e. The first-order valence-corrected chi connectivity index (χ1v) is 12.6. The number of hydrogen-bond acceptors (Lipinski definition) is 5. The third-order valence-electron chi connectivity index (χ3n) is 5.97. The highest BCUT2D eigenvalue weighted by molar-refractivity contribution is 7.89. The minimum absolute atomic E-state index is 0.158. The maximum Gasteiger partial charge on any atom is 0.315 e. The Morgan fingerprint density at radius 3 is 2.34 bits per heavy atom. The highest BCUT2D eigenvalue weighted by Crippen LogP contribution is 2.46. The smallest absolute Gasteiger partial charge is 0.315 e. The minimum atomic E-state index is -3.70. The van der Waals surface area contributed by atoms with Gasteiger partial charge in [0.05, 0.1) is 11.4 Å². The van der Waals surface area contributed by atoms with Crippen LogP contribution >= 0.6 is 11.6 Å². The normalized spacial score (nSPS) is 21.8. The number of benzene rings is 1. The molecule has 11 heteroatoms. The molecule has 0 aromatic heterocycles. The van der Waals surface area contributed by atoms with Gasteiger partial charge in [-0.3, -0.25) is 4.79 Å². The van der Waals surface area contributed by atoms with E-state index in [1.807, 2.05) is 27.7 Å². The molecule has 0 unspecified atom stereocenters. The van der Waals surface area contributed by atoms with Gasteiger partial charge in [0.25, 0.3) is 0 Å². The van der Waals surface area contributed by atoms with Crippen LogP contribution in [0.1, 0.15) is 39.7 Å². The van der Waals surface area contributed by atoms with Crippen LogP contribution in [0.3, 0.4) is 0 Å². The number of nitrogens with zero attached hydrogens (tertiary/aromatic N) is 1. The number of sulfonamides is 1. The van der Waals surface area contributed by atoms with Crippen molar-refractivity contribution in [3.63, 3.8) is 0 Å². The predicted octanol–water partition coefficient (Wildman–Crippen LogP) is 1.40. The van der Waals surface area contributed by atoms with E-state index in [1.54, 1.807) is 29.2 Å². The van der Waals surface area contributed by atoms with Crippen LogP contribution in [0.5, 0.6) is 0 Å². The molecule has 0 spiro atoms. The number of piperidine rings is 1. The van der Waals surface area contributed by atoms with Gasteiger partial charge in [-0.15, -0.1) is 0 Å². The van der Waals surface area contributed by atoms with E-state index in [4.69, 9.17) is 16.7 Å². The molecule has 0 saturated carbocycles. The summed E-state index contributed by atoms with van der Waals surface area (Å²) >= 11 is 5.98. The second-order valence-corrected chi connectivity index (χ2v) is 11.4. The predicted molar refractivity (Wildman–Crippen MR) is 123 cm³/mol. The standard InChI is InChI=1S/C21H33ClN4O5S/c1-14(2)17(25-19(28)24-10-12-32(23,30)31)18(27)26-11-9-21(29,20(3,4)13-26)15-5-7-16(22)8-6-15/h5-8,14,17,29H,9-13H2,1-4H3,(H2,23,30,31)(H2,24,25,28)/t17-,21+/m1/s1. The van der Waals surface area contributed by atoms with E-state index in [1.165, 1.54) is 0 Å². The van der Waals surface area contributed by atoms with E-state index in [2.05, 4.69) is 10.6 Å².